The van der Waals surface area contributed by atoms with Crippen LogP contribution in [0.4, 0.5) is 0 Å². The average molecular weight is 214 g/mol. The number of amides is 3. The zero-order chi connectivity index (χ0) is 11.6. The highest BCUT2D eigenvalue weighted by molar-refractivity contribution is 6.07. The third-order valence-electron chi connectivity index (χ3n) is 2.15. The number of carbonyl (C=O) groups is 3. The van der Waals surface area contributed by atoms with E-state index in [0.29, 0.717) is 0 Å². The zero-order valence-electron chi connectivity index (χ0n) is 8.77. The van der Waals surface area contributed by atoms with Crippen LogP contribution in [0.25, 0.3) is 0 Å². The van der Waals surface area contributed by atoms with Crippen LogP contribution in [-0.4, -0.2) is 58.9 Å². The van der Waals surface area contributed by atoms with Crippen molar-refractivity contribution in [3.05, 3.63) is 0 Å². The smallest absolute Gasteiger partial charge is 0.248 e. The van der Waals surface area contributed by atoms with Crippen molar-refractivity contribution in [3.63, 3.8) is 0 Å². The normalized spacial score (nSPS) is 20.6. The molecule has 6 heteroatoms. The number of aliphatic hydroxyl groups is 1. The Balaban J connectivity index is 2.82. The van der Waals surface area contributed by atoms with Crippen LogP contribution in [0.15, 0.2) is 0 Å². The molecule has 0 spiro atoms. The van der Waals surface area contributed by atoms with E-state index < -0.39 is 17.9 Å². The maximum Gasteiger partial charge on any atom is 0.248 e. The Kier molecular flexibility index (Phi) is 3.41. The van der Waals surface area contributed by atoms with Crippen LogP contribution in [0, 0.1) is 0 Å². The summed E-state index contributed by atoms with van der Waals surface area (Å²) in [5.74, 6) is -1.37. The molecule has 84 valence electrons. The fourth-order valence-corrected chi connectivity index (χ4v) is 1.34. The van der Waals surface area contributed by atoms with Gasteiger partial charge in [0.2, 0.25) is 17.7 Å². The van der Waals surface area contributed by atoms with E-state index in [1.54, 1.807) is 0 Å². The standard InChI is InChI=1S/C9H14N2O4/c1-6(12)4-11-8(14)3-7(13)10(2)5-9(11)15/h6,12H,3-5H2,1-2H3. The molecule has 15 heavy (non-hydrogen) atoms. The summed E-state index contributed by atoms with van der Waals surface area (Å²) >= 11 is 0. The third kappa shape index (κ3) is 2.76. The van der Waals surface area contributed by atoms with Crippen molar-refractivity contribution >= 4 is 17.7 Å². The highest BCUT2D eigenvalue weighted by Crippen LogP contribution is 2.06. The first-order valence-corrected chi connectivity index (χ1v) is 4.67. The minimum Gasteiger partial charge on any atom is -0.392 e. The largest absolute Gasteiger partial charge is 0.392 e. The number of β-amino-alcohol motifs (C(OH)–C–C–N with tert-alkyl or cyclic N) is 1. The van der Waals surface area contributed by atoms with E-state index in [2.05, 4.69) is 0 Å². The van der Waals surface area contributed by atoms with Gasteiger partial charge in [0.25, 0.3) is 0 Å². The second-order valence-corrected chi connectivity index (χ2v) is 3.67. The third-order valence-corrected chi connectivity index (χ3v) is 2.15. The average Bonchev–Trinajstić information content (AvgIpc) is 2.19. The van der Waals surface area contributed by atoms with Crippen molar-refractivity contribution in [2.24, 2.45) is 0 Å². The van der Waals surface area contributed by atoms with Crippen molar-refractivity contribution in [2.75, 3.05) is 20.1 Å². The fourth-order valence-electron chi connectivity index (χ4n) is 1.34. The van der Waals surface area contributed by atoms with Gasteiger partial charge in [-0.05, 0) is 6.92 Å². The van der Waals surface area contributed by atoms with Crippen LogP contribution < -0.4 is 0 Å². The second-order valence-electron chi connectivity index (χ2n) is 3.67. The first-order chi connectivity index (χ1) is 6.91. The number of aliphatic hydroxyl groups excluding tert-OH is 1. The van der Waals surface area contributed by atoms with Gasteiger partial charge >= 0.3 is 0 Å². The van der Waals surface area contributed by atoms with Gasteiger partial charge in [-0.15, -0.1) is 0 Å². The summed E-state index contributed by atoms with van der Waals surface area (Å²) in [6.45, 7) is 1.31. The maximum atomic E-state index is 11.5. The quantitative estimate of drug-likeness (QED) is 0.452. The molecule has 6 nitrogen and oxygen atoms in total. The second kappa shape index (κ2) is 4.39. The van der Waals surface area contributed by atoms with E-state index in [4.69, 9.17) is 5.11 Å². The highest BCUT2D eigenvalue weighted by Gasteiger charge is 2.31. The van der Waals surface area contributed by atoms with E-state index in [1.165, 1.54) is 18.9 Å². The molecule has 1 rings (SSSR count). The summed E-state index contributed by atoms with van der Waals surface area (Å²) in [5.41, 5.74) is 0. The lowest BCUT2D eigenvalue weighted by molar-refractivity contribution is -0.144. The molecule has 0 aliphatic carbocycles. The van der Waals surface area contributed by atoms with Gasteiger partial charge in [0.15, 0.2) is 0 Å². The van der Waals surface area contributed by atoms with E-state index >= 15 is 0 Å². The molecular weight excluding hydrogens is 200 g/mol. The summed E-state index contributed by atoms with van der Waals surface area (Å²) in [6.07, 6.45) is -1.09. The molecule has 0 saturated carbocycles. The Morgan fingerprint density at radius 1 is 1.27 bits per heavy atom. The number of rotatable bonds is 2. The lowest BCUT2D eigenvalue weighted by atomic mass is 10.3. The SMILES string of the molecule is CC(O)CN1C(=O)CC(=O)N(C)CC1=O. The molecule has 0 aromatic heterocycles. The van der Waals surface area contributed by atoms with Crippen LogP contribution >= 0.6 is 0 Å². The maximum absolute atomic E-state index is 11.5. The number of carbonyl (C=O) groups excluding carboxylic acids is 3. The predicted octanol–water partition coefficient (Wildman–Crippen LogP) is -1.42. The number of imide groups is 1. The zero-order valence-corrected chi connectivity index (χ0v) is 8.77. The number of hydrogen-bond donors (Lipinski definition) is 1. The summed E-state index contributed by atoms with van der Waals surface area (Å²) in [5, 5.41) is 9.12. The van der Waals surface area contributed by atoms with E-state index in [0.717, 1.165) is 4.90 Å². The minimum absolute atomic E-state index is 0.0568. The molecule has 1 unspecified atom stereocenters. The lowest BCUT2D eigenvalue weighted by Gasteiger charge is -2.19. The molecule has 1 fully saturated rings. The number of hydrogen-bond acceptors (Lipinski definition) is 4. The van der Waals surface area contributed by atoms with Crippen molar-refractivity contribution in [3.8, 4) is 0 Å². The van der Waals surface area contributed by atoms with Crippen LogP contribution in [0.3, 0.4) is 0 Å². The number of likely N-dealkylation sites (N-methyl/N-ethyl adjacent to an activating group) is 1. The fraction of sp³-hybridized carbons (Fsp3) is 0.667. The highest BCUT2D eigenvalue weighted by atomic mass is 16.3. The Bertz CT molecular complexity index is 300. The molecule has 0 aromatic carbocycles. The molecule has 1 aliphatic heterocycles. The minimum atomic E-state index is -0.781. The topological polar surface area (TPSA) is 77.9 Å². The molecule has 1 aliphatic rings. The first-order valence-electron chi connectivity index (χ1n) is 4.67. The van der Waals surface area contributed by atoms with Crippen molar-refractivity contribution in [2.45, 2.75) is 19.4 Å². The molecule has 0 radical (unpaired) electrons. The Morgan fingerprint density at radius 2 is 1.87 bits per heavy atom. The summed E-state index contributed by atoms with van der Waals surface area (Å²) < 4.78 is 0. The summed E-state index contributed by atoms with van der Waals surface area (Å²) in [4.78, 5) is 36.4. The van der Waals surface area contributed by atoms with Crippen LogP contribution in [0.5, 0.6) is 0 Å². The molecule has 0 bridgehead atoms. The molecule has 1 atom stereocenters. The first kappa shape index (κ1) is 11.6. The summed E-state index contributed by atoms with van der Waals surface area (Å²) in [7, 11) is 1.47. The predicted molar refractivity (Wildman–Crippen MR) is 50.7 cm³/mol. The van der Waals surface area contributed by atoms with Gasteiger partial charge in [0, 0.05) is 7.05 Å². The van der Waals surface area contributed by atoms with Gasteiger partial charge in [-0.25, -0.2) is 0 Å². The molecule has 0 aromatic rings. The molecule has 1 heterocycles. The number of nitrogens with zero attached hydrogens (tertiary/aromatic N) is 2. The van der Waals surface area contributed by atoms with E-state index in [-0.39, 0.29) is 25.4 Å². The van der Waals surface area contributed by atoms with Gasteiger partial charge in [-0.1, -0.05) is 0 Å². The Morgan fingerprint density at radius 3 is 2.40 bits per heavy atom. The van der Waals surface area contributed by atoms with E-state index in [9.17, 15) is 14.4 Å². The van der Waals surface area contributed by atoms with Crippen molar-refractivity contribution < 1.29 is 19.5 Å². The van der Waals surface area contributed by atoms with Crippen LogP contribution in [-0.2, 0) is 14.4 Å². The van der Waals surface area contributed by atoms with Crippen molar-refractivity contribution in [1.82, 2.24) is 9.80 Å². The lowest BCUT2D eigenvalue weighted by Crippen LogP contribution is -2.42. The Labute approximate surface area is 87.5 Å². The van der Waals surface area contributed by atoms with Gasteiger partial charge in [0.1, 0.15) is 6.42 Å². The monoisotopic (exact) mass is 214 g/mol. The van der Waals surface area contributed by atoms with E-state index in [1.807, 2.05) is 0 Å². The van der Waals surface area contributed by atoms with Gasteiger partial charge in [0.05, 0.1) is 19.2 Å². The molecule has 1 saturated heterocycles. The Hall–Kier alpha value is -1.43. The van der Waals surface area contributed by atoms with Gasteiger partial charge < -0.3 is 10.0 Å². The molecular formula is C9H14N2O4. The van der Waals surface area contributed by atoms with Crippen LogP contribution in [0.1, 0.15) is 13.3 Å². The summed E-state index contributed by atoms with van der Waals surface area (Å²) in [6, 6.07) is 0. The molecule has 1 N–H and O–H groups in total. The van der Waals surface area contributed by atoms with Crippen LogP contribution in [0.2, 0.25) is 0 Å². The van der Waals surface area contributed by atoms with Gasteiger partial charge in [-0.2, -0.15) is 0 Å². The van der Waals surface area contributed by atoms with Crippen molar-refractivity contribution in [1.29, 1.82) is 0 Å². The molecule has 3 amide bonds. The van der Waals surface area contributed by atoms with Gasteiger partial charge in [-0.3, -0.25) is 19.3 Å².